The molecule has 2 aromatic rings. The topological polar surface area (TPSA) is 189 Å². The van der Waals surface area contributed by atoms with Crippen molar-refractivity contribution >= 4 is 74.0 Å². The average Bonchev–Trinajstić information content (AvgIpc) is 4.06. The van der Waals surface area contributed by atoms with Gasteiger partial charge in [0.25, 0.3) is 0 Å². The second-order valence-electron chi connectivity index (χ2n) is 19.7. The number of likely N-dealkylation sites (tertiary alicyclic amines) is 2. The van der Waals surface area contributed by atoms with Gasteiger partial charge in [-0.25, -0.2) is 0 Å². The quantitative estimate of drug-likeness (QED) is 0.172. The van der Waals surface area contributed by atoms with Crippen LogP contribution in [-0.2, 0) is 46.4 Å². The highest BCUT2D eigenvalue weighted by atomic mass is 79.9. The molecule has 6 amide bonds. The number of nitrogens with one attached hydrogen (secondary N) is 2. The fourth-order valence-electron chi connectivity index (χ4n) is 9.03. The molecule has 2 aromatic carbocycles. The predicted octanol–water partition coefficient (Wildman–Crippen LogP) is 5.54. The fourth-order valence-corrected chi connectivity index (χ4v) is 10.8. The van der Waals surface area contributed by atoms with E-state index in [0.29, 0.717) is 66.7 Å². The second-order valence-corrected chi connectivity index (χ2v) is 21.6. The van der Waals surface area contributed by atoms with E-state index in [1.54, 1.807) is 77.6 Å². The highest BCUT2D eigenvalue weighted by Gasteiger charge is 2.48. The molecular formula is C50H70BrN7O8S. The van der Waals surface area contributed by atoms with Crippen LogP contribution in [0.5, 0.6) is 5.75 Å². The molecule has 3 heterocycles. The van der Waals surface area contributed by atoms with E-state index in [9.17, 15) is 38.7 Å². The van der Waals surface area contributed by atoms with E-state index >= 15 is 0 Å². The third kappa shape index (κ3) is 12.7. The zero-order valence-electron chi connectivity index (χ0n) is 40.8. The van der Waals surface area contributed by atoms with Gasteiger partial charge in [-0.3, -0.25) is 38.6 Å². The third-order valence-electron chi connectivity index (χ3n) is 13.2. The number of carbonyl (C=O) groups is 7. The van der Waals surface area contributed by atoms with Gasteiger partial charge in [-0.15, -0.1) is 11.8 Å². The predicted molar refractivity (Wildman–Crippen MR) is 264 cm³/mol. The molecule has 3 aliphatic rings. The number of nitrogens with zero attached hydrogens (tertiary/aromatic N) is 5. The summed E-state index contributed by atoms with van der Waals surface area (Å²) >= 11 is 4.76. The Hall–Kier alpha value is -4.77. The number of hydrogen-bond donors (Lipinski definition) is 3. The number of phenolic OH excluding ortho intramolecular Hbond substituents is 1. The maximum absolute atomic E-state index is 14.9. The Morgan fingerprint density at radius 2 is 1.55 bits per heavy atom. The molecule has 2 fully saturated rings. The Kier molecular flexibility index (Phi) is 17.9. The van der Waals surface area contributed by atoms with E-state index in [-0.39, 0.29) is 53.8 Å². The Morgan fingerprint density at radius 1 is 0.925 bits per heavy atom. The van der Waals surface area contributed by atoms with E-state index in [2.05, 4.69) is 26.6 Å². The standard InChI is InChI=1S/C50H70BrN7O8S/c1-11-17-35(44(62)56(10)38(26-32-18-14-13-15-19-32)45(63)57-23-16-20-36(57)40(59)12-2)53-48(66)50(8)29-67-42(54-50)37-24-30(3)28-58(37)46(64)39(27-33-21-22-41(60)34(51)25-33)55(9)43(61)31(4)52-47(65)49(5,6)7/h13-15,18-19,21-22,25,30-31,35-39,60H,11-12,16-17,20,23-24,26-29H2,1-10H3,(H,52,65)(H,53,66)/t30-,31-,35+,36-,37-,38-,39-,50+/m0/s1. The maximum Gasteiger partial charge on any atom is 0.249 e. The van der Waals surface area contributed by atoms with Gasteiger partial charge in [0.2, 0.25) is 35.4 Å². The first-order valence-corrected chi connectivity index (χ1v) is 25.3. The van der Waals surface area contributed by atoms with Gasteiger partial charge in [0.05, 0.1) is 21.6 Å². The maximum atomic E-state index is 14.9. The van der Waals surface area contributed by atoms with Crippen LogP contribution in [0.1, 0.15) is 105 Å². The first kappa shape index (κ1) is 53.2. The number of Topliss-reactive ketones (excluding diaryl/α,β-unsaturated/α-hetero) is 1. The molecular weight excluding hydrogens is 939 g/mol. The zero-order chi connectivity index (χ0) is 49.5. The van der Waals surface area contributed by atoms with E-state index in [1.807, 2.05) is 44.2 Å². The molecule has 0 saturated carbocycles. The Labute approximate surface area is 408 Å². The van der Waals surface area contributed by atoms with Crippen LogP contribution < -0.4 is 10.6 Å². The minimum absolute atomic E-state index is 0.00529. The lowest BCUT2D eigenvalue weighted by molar-refractivity contribution is -0.148. The lowest BCUT2D eigenvalue weighted by Crippen LogP contribution is -2.58. The van der Waals surface area contributed by atoms with Crippen LogP contribution in [0.4, 0.5) is 0 Å². The summed E-state index contributed by atoms with van der Waals surface area (Å²) in [6.07, 6.45) is 3.40. The first-order valence-electron chi connectivity index (χ1n) is 23.5. The van der Waals surface area contributed by atoms with Crippen molar-refractivity contribution in [3.63, 3.8) is 0 Å². The molecule has 0 unspecified atom stereocenters. The van der Waals surface area contributed by atoms with Crippen LogP contribution in [0, 0.1) is 11.3 Å². The van der Waals surface area contributed by atoms with Gasteiger partial charge in [-0.1, -0.05) is 84.4 Å². The van der Waals surface area contributed by atoms with Crippen molar-refractivity contribution in [2.24, 2.45) is 16.3 Å². The Bertz CT molecular complexity index is 2200. The molecule has 15 nitrogen and oxygen atoms in total. The number of aromatic hydroxyl groups is 1. The Balaban J connectivity index is 1.38. The number of ketones is 1. The first-order chi connectivity index (χ1) is 31.5. The number of halogens is 1. The molecule has 5 rings (SSSR count). The van der Waals surface area contributed by atoms with Gasteiger partial charge < -0.3 is 35.3 Å². The van der Waals surface area contributed by atoms with Crippen molar-refractivity contribution in [2.75, 3.05) is 32.9 Å². The SMILES string of the molecule is CCC[C@@H](NC(=O)[C@@]1(C)CSC([C@@H]2C[C@H](C)CN2C(=O)[C@H](Cc2ccc(O)c(Br)c2)N(C)C(=O)[C@H](C)NC(=O)C(C)(C)C)=N1)C(=O)N(C)[C@@H](Cc1ccccc1)C(=O)N1CCC[C@H]1C(=O)CC. The van der Waals surface area contributed by atoms with Crippen molar-refractivity contribution in [2.45, 2.75) is 149 Å². The summed E-state index contributed by atoms with van der Waals surface area (Å²) in [7, 11) is 3.15. The summed E-state index contributed by atoms with van der Waals surface area (Å²) in [5, 5.41) is 16.6. The highest BCUT2D eigenvalue weighted by Crippen LogP contribution is 2.37. The summed E-state index contributed by atoms with van der Waals surface area (Å²) in [4.78, 5) is 109. The molecule has 2 saturated heterocycles. The smallest absolute Gasteiger partial charge is 0.249 e. The number of thioether (sulfide) groups is 1. The number of benzene rings is 2. The molecule has 3 N–H and O–H groups in total. The van der Waals surface area contributed by atoms with Crippen LogP contribution in [0.15, 0.2) is 58.0 Å². The lowest BCUT2D eigenvalue weighted by atomic mass is 9.95. The molecule has 366 valence electrons. The average molecular weight is 1010 g/mol. The van der Waals surface area contributed by atoms with Crippen molar-refractivity contribution in [3.05, 3.63) is 64.1 Å². The molecule has 17 heteroatoms. The molecule has 0 aromatic heterocycles. The molecule has 0 bridgehead atoms. The molecule has 0 aliphatic carbocycles. The number of rotatable bonds is 18. The van der Waals surface area contributed by atoms with Crippen LogP contribution in [-0.4, -0.2) is 146 Å². The van der Waals surface area contributed by atoms with Crippen molar-refractivity contribution in [1.29, 1.82) is 0 Å². The zero-order valence-corrected chi connectivity index (χ0v) is 43.2. The third-order valence-corrected chi connectivity index (χ3v) is 15.2. The van der Waals surface area contributed by atoms with Gasteiger partial charge in [0.1, 0.15) is 35.5 Å². The van der Waals surface area contributed by atoms with E-state index in [4.69, 9.17) is 4.99 Å². The summed E-state index contributed by atoms with van der Waals surface area (Å²) in [5.74, 6) is -1.88. The summed E-state index contributed by atoms with van der Waals surface area (Å²) in [6, 6.07) is 9.55. The van der Waals surface area contributed by atoms with Crippen molar-refractivity contribution in [1.82, 2.24) is 30.2 Å². The lowest BCUT2D eigenvalue weighted by Gasteiger charge is -2.35. The number of hydrogen-bond acceptors (Lipinski definition) is 10. The number of carbonyl (C=O) groups excluding carboxylic acids is 7. The fraction of sp³-hybridized carbons (Fsp3) is 0.600. The number of amides is 6. The van der Waals surface area contributed by atoms with Crippen LogP contribution in [0.2, 0.25) is 0 Å². The van der Waals surface area contributed by atoms with E-state index < -0.39 is 64.9 Å². The van der Waals surface area contributed by atoms with Crippen LogP contribution in [0.3, 0.4) is 0 Å². The number of likely N-dealkylation sites (N-methyl/N-ethyl adjacent to an activating group) is 2. The minimum atomic E-state index is -1.29. The molecule has 67 heavy (non-hydrogen) atoms. The number of phenols is 1. The molecule has 8 atom stereocenters. The molecule has 0 spiro atoms. The van der Waals surface area contributed by atoms with Crippen LogP contribution >= 0.6 is 27.7 Å². The molecule has 0 radical (unpaired) electrons. The largest absolute Gasteiger partial charge is 0.507 e. The minimum Gasteiger partial charge on any atom is -0.507 e. The van der Waals surface area contributed by atoms with Gasteiger partial charge in [0.15, 0.2) is 5.78 Å². The Morgan fingerprint density at radius 3 is 2.16 bits per heavy atom. The monoisotopic (exact) mass is 1010 g/mol. The summed E-state index contributed by atoms with van der Waals surface area (Å²) in [5.41, 5.74) is -0.482. The van der Waals surface area contributed by atoms with E-state index in [1.165, 1.54) is 27.6 Å². The van der Waals surface area contributed by atoms with Gasteiger partial charge in [-0.05, 0) is 84.6 Å². The van der Waals surface area contributed by atoms with Crippen LogP contribution in [0.25, 0.3) is 0 Å². The highest BCUT2D eigenvalue weighted by molar-refractivity contribution is 9.10. The van der Waals surface area contributed by atoms with Crippen molar-refractivity contribution < 1.29 is 38.7 Å². The summed E-state index contributed by atoms with van der Waals surface area (Å²) < 4.78 is 0.438. The summed E-state index contributed by atoms with van der Waals surface area (Å²) in [6.45, 7) is 15.1. The van der Waals surface area contributed by atoms with Gasteiger partial charge in [-0.2, -0.15) is 0 Å². The van der Waals surface area contributed by atoms with Crippen molar-refractivity contribution in [3.8, 4) is 5.75 Å². The van der Waals surface area contributed by atoms with Gasteiger partial charge in [0, 0.05) is 57.6 Å². The van der Waals surface area contributed by atoms with E-state index in [0.717, 1.165) is 5.56 Å². The second kappa shape index (κ2) is 22.6. The normalized spacial score (nSPS) is 22.3. The molecule has 3 aliphatic heterocycles. The van der Waals surface area contributed by atoms with Gasteiger partial charge >= 0.3 is 0 Å². The number of aliphatic imine (C=N–C) groups is 1.